The van der Waals surface area contributed by atoms with Crippen molar-refractivity contribution in [3.8, 4) is 0 Å². The highest BCUT2D eigenvalue weighted by Crippen LogP contribution is 2.34. The molecule has 0 aliphatic rings. The number of aliphatic hydroxyl groups is 2. The van der Waals surface area contributed by atoms with Crippen molar-refractivity contribution >= 4 is 12.0 Å². The Bertz CT molecular complexity index is 1020. The fraction of sp³-hybridized carbons (Fsp3) is 0.222. The molecule has 4 atom stereocenters. The third kappa shape index (κ3) is 5.51. The molecule has 0 aliphatic heterocycles. The molecule has 5 heteroatoms. The summed E-state index contributed by atoms with van der Waals surface area (Å²) in [6.07, 6.45) is 2.30. The molecule has 0 bridgehead atoms. The second-order valence-corrected chi connectivity index (χ2v) is 8.11. The third-order valence-corrected chi connectivity index (χ3v) is 5.65. The lowest BCUT2D eigenvalue weighted by Gasteiger charge is -2.36. The molecule has 0 fully saturated rings. The van der Waals surface area contributed by atoms with Crippen LogP contribution in [0.15, 0.2) is 97.1 Å². The Balaban J connectivity index is 1.87. The SMILES string of the molecule is CN(C(=O)[C@@H](N)[C@](C)(O)/C=C/c1ccccc1)[C@H](c1ccccc1)[C@H](O)c1ccccc1. The lowest BCUT2D eigenvalue weighted by atomic mass is 9.91. The second kappa shape index (κ2) is 10.4. The minimum Gasteiger partial charge on any atom is -0.386 e. The summed E-state index contributed by atoms with van der Waals surface area (Å²) in [7, 11) is 1.60. The van der Waals surface area contributed by atoms with Crippen molar-refractivity contribution < 1.29 is 15.0 Å². The number of aliphatic hydroxyl groups excluding tert-OH is 1. The highest BCUT2D eigenvalue weighted by molar-refractivity contribution is 5.84. The summed E-state index contributed by atoms with van der Waals surface area (Å²) in [5, 5.41) is 22.1. The highest BCUT2D eigenvalue weighted by Gasteiger charge is 2.38. The Morgan fingerprint density at radius 2 is 1.38 bits per heavy atom. The molecule has 4 N–H and O–H groups in total. The molecule has 166 valence electrons. The Labute approximate surface area is 189 Å². The summed E-state index contributed by atoms with van der Waals surface area (Å²) in [5.74, 6) is -0.475. The first-order valence-corrected chi connectivity index (χ1v) is 10.6. The predicted molar refractivity (Wildman–Crippen MR) is 127 cm³/mol. The zero-order valence-electron chi connectivity index (χ0n) is 18.4. The minimum atomic E-state index is -1.58. The van der Waals surface area contributed by atoms with Gasteiger partial charge in [0.05, 0.1) is 6.04 Å². The van der Waals surface area contributed by atoms with Crippen LogP contribution < -0.4 is 5.73 Å². The van der Waals surface area contributed by atoms with Gasteiger partial charge in [-0.1, -0.05) is 103 Å². The van der Waals surface area contributed by atoms with Crippen LogP contribution >= 0.6 is 0 Å². The molecule has 3 aromatic carbocycles. The van der Waals surface area contributed by atoms with Gasteiger partial charge in [-0.15, -0.1) is 0 Å². The summed E-state index contributed by atoms with van der Waals surface area (Å²) in [4.78, 5) is 14.8. The summed E-state index contributed by atoms with van der Waals surface area (Å²) < 4.78 is 0. The average molecular weight is 431 g/mol. The largest absolute Gasteiger partial charge is 0.386 e. The van der Waals surface area contributed by atoms with E-state index in [4.69, 9.17) is 5.73 Å². The monoisotopic (exact) mass is 430 g/mol. The van der Waals surface area contributed by atoms with Crippen LogP contribution in [0.4, 0.5) is 0 Å². The molecule has 3 aromatic rings. The van der Waals surface area contributed by atoms with E-state index < -0.39 is 29.7 Å². The Morgan fingerprint density at radius 3 is 1.91 bits per heavy atom. The van der Waals surface area contributed by atoms with Crippen LogP contribution in [0.25, 0.3) is 6.08 Å². The molecule has 3 rings (SSSR count). The van der Waals surface area contributed by atoms with Gasteiger partial charge in [0, 0.05) is 7.05 Å². The first kappa shape index (κ1) is 23.4. The van der Waals surface area contributed by atoms with E-state index in [9.17, 15) is 15.0 Å². The fourth-order valence-electron chi connectivity index (χ4n) is 3.64. The maximum absolute atomic E-state index is 13.3. The maximum atomic E-state index is 13.3. The van der Waals surface area contributed by atoms with Gasteiger partial charge in [-0.05, 0) is 23.6 Å². The van der Waals surface area contributed by atoms with Gasteiger partial charge in [0.15, 0.2) is 0 Å². The van der Waals surface area contributed by atoms with Gasteiger partial charge in [0.2, 0.25) is 5.91 Å². The summed E-state index contributed by atoms with van der Waals surface area (Å²) in [5.41, 5.74) is 7.00. The summed E-state index contributed by atoms with van der Waals surface area (Å²) in [6, 6.07) is 26.1. The van der Waals surface area contributed by atoms with Crippen LogP contribution in [0.2, 0.25) is 0 Å². The average Bonchev–Trinajstić information content (AvgIpc) is 2.83. The molecule has 0 radical (unpaired) electrons. The molecule has 0 unspecified atom stereocenters. The van der Waals surface area contributed by atoms with E-state index >= 15 is 0 Å². The fourth-order valence-corrected chi connectivity index (χ4v) is 3.64. The van der Waals surface area contributed by atoms with E-state index in [-0.39, 0.29) is 0 Å². The zero-order valence-corrected chi connectivity index (χ0v) is 18.4. The molecule has 0 aromatic heterocycles. The van der Waals surface area contributed by atoms with E-state index in [1.165, 1.54) is 17.9 Å². The van der Waals surface area contributed by atoms with Crippen molar-refractivity contribution in [1.82, 2.24) is 4.90 Å². The normalized spacial score (nSPS) is 16.2. The standard InChI is InChI=1S/C27H30N2O3/c1-27(32,19-18-20-12-6-3-7-13-20)25(28)26(31)29(2)23(21-14-8-4-9-15-21)24(30)22-16-10-5-11-17-22/h3-19,23-25,30,32H,28H2,1-2H3/b19-18+/t23-,24-,25-,27-/m1/s1. The topological polar surface area (TPSA) is 86.8 Å². The first-order valence-electron chi connectivity index (χ1n) is 10.6. The molecule has 0 heterocycles. The van der Waals surface area contributed by atoms with E-state index in [0.717, 1.165) is 11.1 Å². The van der Waals surface area contributed by atoms with E-state index in [2.05, 4.69) is 0 Å². The lowest BCUT2D eigenvalue weighted by molar-refractivity contribution is -0.140. The van der Waals surface area contributed by atoms with Crippen LogP contribution in [-0.4, -0.2) is 39.7 Å². The second-order valence-electron chi connectivity index (χ2n) is 8.11. The van der Waals surface area contributed by atoms with Crippen molar-refractivity contribution in [2.75, 3.05) is 7.05 Å². The van der Waals surface area contributed by atoms with Gasteiger partial charge in [0.25, 0.3) is 0 Å². The van der Waals surface area contributed by atoms with Gasteiger partial charge in [-0.3, -0.25) is 4.79 Å². The van der Waals surface area contributed by atoms with Gasteiger partial charge >= 0.3 is 0 Å². The number of carbonyl (C=O) groups excluding carboxylic acids is 1. The quantitative estimate of drug-likeness (QED) is 0.508. The molecule has 1 amide bonds. The number of benzene rings is 3. The smallest absolute Gasteiger partial charge is 0.243 e. The summed E-state index contributed by atoms with van der Waals surface area (Å²) in [6.45, 7) is 1.51. The molecular formula is C27H30N2O3. The molecular weight excluding hydrogens is 400 g/mol. The van der Waals surface area contributed by atoms with E-state index in [1.807, 2.05) is 91.0 Å². The van der Waals surface area contributed by atoms with E-state index in [1.54, 1.807) is 13.1 Å². The minimum absolute atomic E-state index is 0.475. The Hall–Kier alpha value is -3.25. The number of amides is 1. The molecule has 0 spiro atoms. The molecule has 5 nitrogen and oxygen atoms in total. The van der Waals surface area contributed by atoms with Crippen molar-refractivity contribution in [2.24, 2.45) is 5.73 Å². The van der Waals surface area contributed by atoms with Crippen LogP contribution in [0, 0.1) is 0 Å². The van der Waals surface area contributed by atoms with Crippen molar-refractivity contribution in [2.45, 2.75) is 30.7 Å². The van der Waals surface area contributed by atoms with Gasteiger partial charge in [-0.25, -0.2) is 0 Å². The van der Waals surface area contributed by atoms with Crippen LogP contribution in [0.3, 0.4) is 0 Å². The zero-order chi connectivity index (χ0) is 23.1. The lowest BCUT2D eigenvalue weighted by Crippen LogP contribution is -2.55. The number of nitrogens with zero attached hydrogens (tertiary/aromatic N) is 1. The number of hydrogen-bond donors (Lipinski definition) is 3. The Kier molecular flexibility index (Phi) is 7.59. The van der Waals surface area contributed by atoms with Crippen LogP contribution in [0.1, 0.15) is 35.8 Å². The van der Waals surface area contributed by atoms with Crippen molar-refractivity contribution in [3.05, 3.63) is 114 Å². The number of likely N-dealkylation sites (N-methyl/N-ethyl adjacent to an activating group) is 1. The summed E-state index contributed by atoms with van der Waals surface area (Å²) >= 11 is 0. The number of hydrogen-bond acceptors (Lipinski definition) is 4. The molecule has 0 aliphatic carbocycles. The maximum Gasteiger partial charge on any atom is 0.243 e. The Morgan fingerprint density at radius 1 is 0.906 bits per heavy atom. The van der Waals surface area contributed by atoms with Gasteiger partial charge in [-0.2, -0.15) is 0 Å². The highest BCUT2D eigenvalue weighted by atomic mass is 16.3. The molecule has 32 heavy (non-hydrogen) atoms. The van der Waals surface area contributed by atoms with Crippen molar-refractivity contribution in [1.29, 1.82) is 0 Å². The molecule has 0 saturated carbocycles. The van der Waals surface area contributed by atoms with Gasteiger partial charge < -0.3 is 20.8 Å². The predicted octanol–water partition coefficient (Wildman–Crippen LogP) is 3.71. The van der Waals surface area contributed by atoms with Crippen LogP contribution in [0.5, 0.6) is 0 Å². The molecule has 0 saturated heterocycles. The number of carbonyl (C=O) groups is 1. The van der Waals surface area contributed by atoms with Gasteiger partial charge in [0.1, 0.15) is 17.7 Å². The number of rotatable bonds is 8. The third-order valence-electron chi connectivity index (χ3n) is 5.65. The van der Waals surface area contributed by atoms with Crippen molar-refractivity contribution in [3.63, 3.8) is 0 Å². The number of nitrogens with two attached hydrogens (primary N) is 1. The van der Waals surface area contributed by atoms with E-state index in [0.29, 0.717) is 5.56 Å². The first-order chi connectivity index (χ1) is 15.3. The van der Waals surface area contributed by atoms with Crippen LogP contribution in [-0.2, 0) is 4.79 Å².